The minimum absolute atomic E-state index is 0.00498. The molecule has 0 spiro atoms. The molecule has 1 N–H and O–H groups in total. The van der Waals surface area contributed by atoms with Crippen LogP contribution in [-0.4, -0.2) is 28.9 Å². The van der Waals surface area contributed by atoms with Gasteiger partial charge in [-0.1, -0.05) is 17.7 Å². The summed E-state index contributed by atoms with van der Waals surface area (Å²) in [5, 5.41) is 8.00. The SMILES string of the molecule is Cc1cc(NC(=O)C2CCOCC2)nn1-c1cccc(Cl)c1. The van der Waals surface area contributed by atoms with Crippen molar-refractivity contribution in [2.45, 2.75) is 19.8 Å². The van der Waals surface area contributed by atoms with E-state index < -0.39 is 0 Å². The molecule has 1 amide bonds. The van der Waals surface area contributed by atoms with Gasteiger partial charge in [-0.15, -0.1) is 5.10 Å². The Morgan fingerprint density at radius 2 is 2.14 bits per heavy atom. The van der Waals surface area contributed by atoms with E-state index in [1.807, 2.05) is 37.3 Å². The van der Waals surface area contributed by atoms with Crippen LogP contribution in [0, 0.1) is 12.8 Å². The van der Waals surface area contributed by atoms with E-state index in [2.05, 4.69) is 10.4 Å². The Morgan fingerprint density at radius 1 is 1.36 bits per heavy atom. The van der Waals surface area contributed by atoms with E-state index in [9.17, 15) is 4.79 Å². The number of aryl methyl sites for hydroxylation is 1. The summed E-state index contributed by atoms with van der Waals surface area (Å²) in [5.41, 5.74) is 1.81. The van der Waals surface area contributed by atoms with E-state index in [4.69, 9.17) is 16.3 Å². The molecule has 0 radical (unpaired) electrons. The predicted octanol–water partition coefficient (Wildman–Crippen LogP) is 3.20. The molecule has 0 bridgehead atoms. The van der Waals surface area contributed by atoms with Gasteiger partial charge in [-0.05, 0) is 38.0 Å². The lowest BCUT2D eigenvalue weighted by Gasteiger charge is -2.20. The van der Waals surface area contributed by atoms with Gasteiger partial charge in [0.15, 0.2) is 5.82 Å². The first-order valence-electron chi connectivity index (χ1n) is 7.35. The predicted molar refractivity (Wildman–Crippen MR) is 85.5 cm³/mol. The zero-order chi connectivity index (χ0) is 15.5. The number of aromatic nitrogens is 2. The second-order valence-electron chi connectivity index (χ2n) is 5.44. The number of carbonyl (C=O) groups is 1. The van der Waals surface area contributed by atoms with Crippen molar-refractivity contribution >= 4 is 23.3 Å². The highest BCUT2D eigenvalue weighted by atomic mass is 35.5. The Labute approximate surface area is 134 Å². The lowest BCUT2D eigenvalue weighted by Crippen LogP contribution is -2.28. The second kappa shape index (κ2) is 6.50. The van der Waals surface area contributed by atoms with Gasteiger partial charge in [-0.2, -0.15) is 0 Å². The number of nitrogens with one attached hydrogen (secondary N) is 1. The van der Waals surface area contributed by atoms with Crippen LogP contribution >= 0.6 is 11.6 Å². The number of amides is 1. The molecule has 1 aliphatic heterocycles. The van der Waals surface area contributed by atoms with Gasteiger partial charge >= 0.3 is 0 Å². The molecule has 0 atom stereocenters. The molecule has 6 heteroatoms. The third-order valence-corrected chi connectivity index (χ3v) is 4.02. The van der Waals surface area contributed by atoms with Crippen LogP contribution in [0.3, 0.4) is 0 Å². The average Bonchev–Trinajstić information content (AvgIpc) is 2.88. The summed E-state index contributed by atoms with van der Waals surface area (Å²) in [6, 6.07) is 9.32. The van der Waals surface area contributed by atoms with Crippen LogP contribution in [0.15, 0.2) is 30.3 Å². The molecule has 3 rings (SSSR count). The molecule has 0 aliphatic carbocycles. The van der Waals surface area contributed by atoms with Crippen molar-refractivity contribution < 1.29 is 9.53 Å². The minimum atomic E-state index is 0.00498. The summed E-state index contributed by atoms with van der Waals surface area (Å²) < 4.78 is 7.05. The number of nitrogens with zero attached hydrogens (tertiary/aromatic N) is 2. The number of rotatable bonds is 3. The van der Waals surface area contributed by atoms with E-state index in [1.165, 1.54) is 0 Å². The highest BCUT2D eigenvalue weighted by Gasteiger charge is 2.22. The lowest BCUT2D eigenvalue weighted by atomic mass is 9.99. The summed E-state index contributed by atoms with van der Waals surface area (Å²) in [7, 11) is 0. The molecule has 1 fully saturated rings. The zero-order valence-corrected chi connectivity index (χ0v) is 13.1. The van der Waals surface area contributed by atoms with Crippen molar-refractivity contribution in [3.63, 3.8) is 0 Å². The van der Waals surface area contributed by atoms with Gasteiger partial charge in [0.2, 0.25) is 5.91 Å². The zero-order valence-electron chi connectivity index (χ0n) is 12.4. The maximum atomic E-state index is 12.2. The Bertz CT molecular complexity index is 678. The van der Waals surface area contributed by atoms with Crippen molar-refractivity contribution in [3.05, 3.63) is 41.0 Å². The van der Waals surface area contributed by atoms with Crippen LogP contribution < -0.4 is 5.32 Å². The summed E-state index contributed by atoms with van der Waals surface area (Å²) in [6.07, 6.45) is 1.53. The van der Waals surface area contributed by atoms with Crippen LogP contribution in [0.2, 0.25) is 5.02 Å². The topological polar surface area (TPSA) is 56.1 Å². The Morgan fingerprint density at radius 3 is 2.86 bits per heavy atom. The third kappa shape index (κ3) is 3.31. The van der Waals surface area contributed by atoms with Crippen molar-refractivity contribution in [1.29, 1.82) is 0 Å². The highest BCUT2D eigenvalue weighted by molar-refractivity contribution is 6.30. The standard InChI is InChI=1S/C16H18ClN3O2/c1-11-9-15(18-16(21)12-5-7-22-8-6-12)19-20(11)14-4-2-3-13(17)10-14/h2-4,9-10,12H,5-8H2,1H3,(H,18,19,21). The normalized spacial score (nSPS) is 15.7. The van der Waals surface area contributed by atoms with Crippen molar-refractivity contribution in [3.8, 4) is 5.69 Å². The molecule has 5 nitrogen and oxygen atoms in total. The number of benzene rings is 1. The fourth-order valence-electron chi connectivity index (χ4n) is 2.59. The van der Waals surface area contributed by atoms with Gasteiger partial charge in [0, 0.05) is 35.9 Å². The maximum Gasteiger partial charge on any atom is 0.228 e. The number of carbonyl (C=O) groups excluding carboxylic acids is 1. The van der Waals surface area contributed by atoms with Crippen LogP contribution in [0.1, 0.15) is 18.5 Å². The molecule has 1 aromatic carbocycles. The fraction of sp³-hybridized carbons (Fsp3) is 0.375. The van der Waals surface area contributed by atoms with Crippen LogP contribution in [0.5, 0.6) is 0 Å². The fourth-order valence-corrected chi connectivity index (χ4v) is 2.78. The monoisotopic (exact) mass is 319 g/mol. The number of halogens is 1. The summed E-state index contributed by atoms with van der Waals surface area (Å²) >= 11 is 6.02. The Balaban J connectivity index is 1.76. The smallest absolute Gasteiger partial charge is 0.228 e. The molecule has 22 heavy (non-hydrogen) atoms. The number of ether oxygens (including phenoxy) is 1. The van der Waals surface area contributed by atoms with Gasteiger partial charge in [0.05, 0.1) is 5.69 Å². The van der Waals surface area contributed by atoms with Gasteiger partial charge < -0.3 is 10.1 Å². The minimum Gasteiger partial charge on any atom is -0.381 e. The van der Waals surface area contributed by atoms with Crippen molar-refractivity contribution in [1.82, 2.24) is 9.78 Å². The van der Waals surface area contributed by atoms with Crippen LogP contribution in [0.25, 0.3) is 5.69 Å². The molecular formula is C16H18ClN3O2. The lowest BCUT2D eigenvalue weighted by molar-refractivity contribution is -0.122. The first-order chi connectivity index (χ1) is 10.6. The molecule has 1 aromatic heterocycles. The van der Waals surface area contributed by atoms with Crippen LogP contribution in [-0.2, 0) is 9.53 Å². The Kier molecular flexibility index (Phi) is 4.45. The molecule has 0 saturated carbocycles. The van der Waals surface area contributed by atoms with E-state index in [-0.39, 0.29) is 11.8 Å². The summed E-state index contributed by atoms with van der Waals surface area (Å²) in [4.78, 5) is 12.2. The maximum absolute atomic E-state index is 12.2. The molecular weight excluding hydrogens is 302 g/mol. The van der Waals surface area contributed by atoms with E-state index in [0.29, 0.717) is 24.1 Å². The van der Waals surface area contributed by atoms with Gasteiger partial charge in [0.25, 0.3) is 0 Å². The first kappa shape index (κ1) is 15.1. The average molecular weight is 320 g/mol. The van der Waals surface area contributed by atoms with E-state index in [1.54, 1.807) is 4.68 Å². The third-order valence-electron chi connectivity index (χ3n) is 3.78. The van der Waals surface area contributed by atoms with Gasteiger partial charge in [-0.25, -0.2) is 4.68 Å². The molecule has 2 aromatic rings. The Hall–Kier alpha value is -1.85. The van der Waals surface area contributed by atoms with Crippen molar-refractivity contribution in [2.24, 2.45) is 5.92 Å². The molecule has 1 saturated heterocycles. The number of hydrogen-bond acceptors (Lipinski definition) is 3. The van der Waals surface area contributed by atoms with Gasteiger partial charge in [-0.3, -0.25) is 4.79 Å². The summed E-state index contributed by atoms with van der Waals surface area (Å²) in [6.45, 7) is 3.24. The van der Waals surface area contributed by atoms with E-state index >= 15 is 0 Å². The quantitative estimate of drug-likeness (QED) is 0.945. The second-order valence-corrected chi connectivity index (χ2v) is 5.87. The summed E-state index contributed by atoms with van der Waals surface area (Å²) in [5.74, 6) is 0.582. The van der Waals surface area contributed by atoms with Crippen molar-refractivity contribution in [2.75, 3.05) is 18.5 Å². The largest absolute Gasteiger partial charge is 0.381 e. The first-order valence-corrected chi connectivity index (χ1v) is 7.72. The van der Waals surface area contributed by atoms with Gasteiger partial charge in [0.1, 0.15) is 0 Å². The van der Waals surface area contributed by atoms with E-state index in [0.717, 1.165) is 24.2 Å². The number of hydrogen-bond donors (Lipinski definition) is 1. The molecule has 1 aliphatic rings. The number of anilines is 1. The molecule has 0 unspecified atom stereocenters. The van der Waals surface area contributed by atoms with Crippen LogP contribution in [0.4, 0.5) is 5.82 Å². The highest BCUT2D eigenvalue weighted by Crippen LogP contribution is 2.20. The molecule has 116 valence electrons. The molecule has 2 heterocycles.